The van der Waals surface area contributed by atoms with Crippen LogP contribution in [-0.2, 0) is 19.5 Å². The fraction of sp³-hybridized carbons (Fsp3) is 0.533. The first-order valence-electron chi connectivity index (χ1n) is 7.45. The van der Waals surface area contributed by atoms with E-state index in [-0.39, 0.29) is 5.56 Å². The lowest BCUT2D eigenvalue weighted by molar-refractivity contribution is 0.368. The van der Waals surface area contributed by atoms with E-state index in [1.807, 2.05) is 31.3 Å². The Morgan fingerprint density at radius 2 is 2.14 bits per heavy atom. The minimum Gasteiger partial charge on any atom is -0.355 e. The van der Waals surface area contributed by atoms with Crippen molar-refractivity contribution >= 4 is 5.82 Å². The van der Waals surface area contributed by atoms with Gasteiger partial charge in [0, 0.05) is 57.9 Å². The third-order valence-electron chi connectivity index (χ3n) is 4.16. The quantitative estimate of drug-likeness (QED) is 0.847. The Balaban J connectivity index is 1.73. The van der Waals surface area contributed by atoms with E-state index in [2.05, 4.69) is 14.5 Å². The summed E-state index contributed by atoms with van der Waals surface area (Å²) in [6, 6.07) is 0. The minimum absolute atomic E-state index is 0.0124. The highest BCUT2D eigenvalue weighted by atomic mass is 16.1. The summed E-state index contributed by atoms with van der Waals surface area (Å²) in [4.78, 5) is 22.9. The summed E-state index contributed by atoms with van der Waals surface area (Å²) in [5.41, 5.74) is -0.0124. The molecule has 0 amide bonds. The first kappa shape index (κ1) is 13.9. The van der Waals surface area contributed by atoms with E-state index in [4.69, 9.17) is 0 Å². The van der Waals surface area contributed by atoms with Crippen molar-refractivity contribution in [1.29, 1.82) is 0 Å². The monoisotopic (exact) mass is 287 g/mol. The average Bonchev–Trinajstić information content (AvgIpc) is 2.95. The van der Waals surface area contributed by atoms with Crippen molar-refractivity contribution in [2.24, 2.45) is 5.92 Å². The van der Waals surface area contributed by atoms with E-state index >= 15 is 0 Å². The van der Waals surface area contributed by atoms with Crippen LogP contribution in [0.25, 0.3) is 0 Å². The van der Waals surface area contributed by atoms with Gasteiger partial charge in [-0.15, -0.1) is 0 Å². The van der Waals surface area contributed by atoms with Crippen LogP contribution in [0.15, 0.2) is 29.6 Å². The second kappa shape index (κ2) is 5.71. The smallest absolute Gasteiger partial charge is 0.293 e. The van der Waals surface area contributed by atoms with Crippen molar-refractivity contribution in [3.05, 3.63) is 41.0 Å². The molecule has 0 saturated heterocycles. The molecule has 6 nitrogen and oxygen atoms in total. The van der Waals surface area contributed by atoms with E-state index in [1.165, 1.54) is 5.82 Å². The summed E-state index contributed by atoms with van der Waals surface area (Å²) >= 11 is 0. The van der Waals surface area contributed by atoms with Crippen LogP contribution in [0.3, 0.4) is 0 Å². The molecule has 0 aromatic carbocycles. The van der Waals surface area contributed by atoms with Crippen LogP contribution < -0.4 is 10.5 Å². The molecule has 21 heavy (non-hydrogen) atoms. The number of rotatable bonds is 4. The summed E-state index contributed by atoms with van der Waals surface area (Å²) in [6.45, 7) is 4.44. The molecule has 2 aromatic rings. The maximum atomic E-state index is 12.3. The predicted molar refractivity (Wildman–Crippen MR) is 81.5 cm³/mol. The van der Waals surface area contributed by atoms with Crippen LogP contribution in [0.1, 0.15) is 19.2 Å². The van der Waals surface area contributed by atoms with Gasteiger partial charge in [-0.1, -0.05) is 0 Å². The van der Waals surface area contributed by atoms with Gasteiger partial charge in [0.15, 0.2) is 5.82 Å². The third-order valence-corrected chi connectivity index (χ3v) is 4.16. The highest BCUT2D eigenvalue weighted by Crippen LogP contribution is 2.20. The zero-order valence-electron chi connectivity index (χ0n) is 12.6. The van der Waals surface area contributed by atoms with Gasteiger partial charge < -0.3 is 14.0 Å². The number of anilines is 1. The SMILES string of the molecule is CCn1ccnc(N(C)C[C@H]2CCc3nccn3C2)c1=O. The molecule has 1 aliphatic heterocycles. The zero-order valence-corrected chi connectivity index (χ0v) is 12.6. The van der Waals surface area contributed by atoms with Crippen molar-refractivity contribution in [2.45, 2.75) is 32.9 Å². The molecule has 1 aliphatic rings. The van der Waals surface area contributed by atoms with Gasteiger partial charge in [0.05, 0.1) is 0 Å². The van der Waals surface area contributed by atoms with Crippen LogP contribution in [0.5, 0.6) is 0 Å². The van der Waals surface area contributed by atoms with Crippen LogP contribution in [0, 0.1) is 5.92 Å². The number of fused-ring (bicyclic) bond motifs is 1. The summed E-state index contributed by atoms with van der Waals surface area (Å²) in [6.07, 6.45) is 9.44. The second-order valence-corrected chi connectivity index (χ2v) is 5.62. The van der Waals surface area contributed by atoms with Gasteiger partial charge in [-0.25, -0.2) is 9.97 Å². The molecule has 0 aliphatic carbocycles. The maximum Gasteiger partial charge on any atom is 0.293 e. The van der Waals surface area contributed by atoms with Crippen molar-refractivity contribution in [3.8, 4) is 0 Å². The van der Waals surface area contributed by atoms with Crippen LogP contribution in [0.4, 0.5) is 5.82 Å². The molecule has 0 radical (unpaired) electrons. The molecule has 0 N–H and O–H groups in total. The van der Waals surface area contributed by atoms with E-state index in [9.17, 15) is 4.79 Å². The van der Waals surface area contributed by atoms with E-state index in [0.717, 1.165) is 25.9 Å². The zero-order chi connectivity index (χ0) is 14.8. The van der Waals surface area contributed by atoms with Gasteiger partial charge in [0.1, 0.15) is 5.82 Å². The van der Waals surface area contributed by atoms with Crippen molar-refractivity contribution in [1.82, 2.24) is 19.1 Å². The lowest BCUT2D eigenvalue weighted by Gasteiger charge is -2.28. The largest absolute Gasteiger partial charge is 0.355 e. The Kier molecular flexibility index (Phi) is 3.77. The van der Waals surface area contributed by atoms with Crippen LogP contribution in [-0.4, -0.2) is 32.7 Å². The Labute approximate surface area is 124 Å². The fourth-order valence-corrected chi connectivity index (χ4v) is 3.01. The summed E-state index contributed by atoms with van der Waals surface area (Å²) < 4.78 is 3.90. The molecule has 112 valence electrons. The van der Waals surface area contributed by atoms with Gasteiger partial charge in [-0.05, 0) is 19.3 Å². The first-order chi connectivity index (χ1) is 10.2. The predicted octanol–water partition coefficient (Wildman–Crippen LogP) is 1.16. The minimum atomic E-state index is -0.0124. The van der Waals surface area contributed by atoms with Crippen molar-refractivity contribution in [3.63, 3.8) is 0 Å². The highest BCUT2D eigenvalue weighted by Gasteiger charge is 2.21. The molecule has 0 unspecified atom stereocenters. The molecule has 0 bridgehead atoms. The van der Waals surface area contributed by atoms with E-state index in [1.54, 1.807) is 17.0 Å². The highest BCUT2D eigenvalue weighted by molar-refractivity contribution is 5.34. The van der Waals surface area contributed by atoms with Gasteiger partial charge in [-0.3, -0.25) is 4.79 Å². The van der Waals surface area contributed by atoms with E-state index in [0.29, 0.717) is 18.3 Å². The topological polar surface area (TPSA) is 56.0 Å². The number of hydrogen-bond donors (Lipinski definition) is 0. The molecule has 0 fully saturated rings. The lowest BCUT2D eigenvalue weighted by Crippen LogP contribution is -2.36. The lowest BCUT2D eigenvalue weighted by atomic mass is 9.99. The number of hydrogen-bond acceptors (Lipinski definition) is 4. The van der Waals surface area contributed by atoms with Gasteiger partial charge >= 0.3 is 0 Å². The number of aromatic nitrogens is 4. The summed E-state index contributed by atoms with van der Waals surface area (Å²) in [5, 5.41) is 0. The molecule has 1 atom stereocenters. The first-order valence-corrected chi connectivity index (χ1v) is 7.45. The number of nitrogens with zero attached hydrogens (tertiary/aromatic N) is 5. The fourth-order valence-electron chi connectivity index (χ4n) is 3.01. The Bertz CT molecular complexity index is 675. The molecule has 0 saturated carbocycles. The van der Waals surface area contributed by atoms with Gasteiger partial charge in [-0.2, -0.15) is 0 Å². The molecule has 2 aromatic heterocycles. The molecule has 0 spiro atoms. The standard InChI is InChI=1S/C15H21N5O/c1-3-19-8-7-17-14(15(19)21)18(2)10-12-4-5-13-16-6-9-20(13)11-12/h6-9,12H,3-5,10-11H2,1-2H3/t12-/m1/s1. The maximum absolute atomic E-state index is 12.3. The van der Waals surface area contributed by atoms with Gasteiger partial charge in [0.25, 0.3) is 5.56 Å². The van der Waals surface area contributed by atoms with Crippen LogP contribution >= 0.6 is 0 Å². The molecule has 3 rings (SSSR count). The molecular formula is C15H21N5O. The molecule has 3 heterocycles. The Morgan fingerprint density at radius 1 is 1.33 bits per heavy atom. The summed E-state index contributed by atoms with van der Waals surface area (Å²) in [5.74, 6) is 2.23. The van der Waals surface area contributed by atoms with Crippen molar-refractivity contribution < 1.29 is 0 Å². The average molecular weight is 287 g/mol. The summed E-state index contributed by atoms with van der Waals surface area (Å²) in [7, 11) is 1.95. The van der Waals surface area contributed by atoms with E-state index < -0.39 is 0 Å². The number of aryl methyl sites for hydroxylation is 2. The van der Waals surface area contributed by atoms with Crippen molar-refractivity contribution in [2.75, 3.05) is 18.5 Å². The Hall–Kier alpha value is -2.11. The Morgan fingerprint density at radius 3 is 2.95 bits per heavy atom. The molecular weight excluding hydrogens is 266 g/mol. The normalized spacial score (nSPS) is 17.5. The molecule has 6 heteroatoms. The second-order valence-electron chi connectivity index (χ2n) is 5.62. The van der Waals surface area contributed by atoms with Gasteiger partial charge in [0.2, 0.25) is 0 Å². The number of imidazole rings is 1. The third kappa shape index (κ3) is 2.70. The van der Waals surface area contributed by atoms with Crippen LogP contribution in [0.2, 0.25) is 0 Å².